The summed E-state index contributed by atoms with van der Waals surface area (Å²) in [6.07, 6.45) is -5.46. The van der Waals surface area contributed by atoms with Crippen LogP contribution in [-0.4, -0.2) is 17.2 Å². The van der Waals surface area contributed by atoms with Crippen LogP contribution in [0.5, 0.6) is 0 Å². The van der Waals surface area contributed by atoms with Crippen molar-refractivity contribution in [2.75, 3.05) is 0 Å². The summed E-state index contributed by atoms with van der Waals surface area (Å²) in [6, 6.07) is 7.39. The van der Waals surface area contributed by atoms with Crippen LogP contribution in [0.4, 0.5) is 17.6 Å². The molecular formula is C11H10ClF4NO. The molecule has 1 amide bonds. The van der Waals surface area contributed by atoms with E-state index in [0.29, 0.717) is 5.56 Å². The highest BCUT2D eigenvalue weighted by atomic mass is 35.5. The third-order valence-electron chi connectivity index (χ3n) is 2.29. The molecule has 0 aliphatic carbocycles. The molecule has 7 heteroatoms. The first-order chi connectivity index (χ1) is 8.16. The average molecular weight is 284 g/mol. The van der Waals surface area contributed by atoms with Crippen molar-refractivity contribution in [1.29, 1.82) is 0 Å². The molecule has 0 bridgehead atoms. The van der Waals surface area contributed by atoms with Gasteiger partial charge in [-0.3, -0.25) is 4.79 Å². The Morgan fingerprint density at radius 1 is 1.22 bits per heavy atom. The molecule has 0 fully saturated rings. The normalized spacial score (nSPS) is 16.8. The molecule has 1 aromatic carbocycles. The summed E-state index contributed by atoms with van der Waals surface area (Å²) in [5, 5.41) is -2.54. The van der Waals surface area contributed by atoms with Crippen LogP contribution >= 0.6 is 11.6 Å². The largest absolute Gasteiger partial charge is 0.446 e. The molecule has 2 atom stereocenters. The van der Waals surface area contributed by atoms with Gasteiger partial charge >= 0.3 is 11.3 Å². The molecule has 0 aromatic heterocycles. The molecule has 0 saturated heterocycles. The third-order valence-corrected chi connectivity index (χ3v) is 2.67. The summed E-state index contributed by atoms with van der Waals surface area (Å²) in [7, 11) is 0. The number of halogens is 5. The van der Waals surface area contributed by atoms with Crippen LogP contribution in [0.25, 0.3) is 0 Å². The van der Waals surface area contributed by atoms with Crippen LogP contribution in [0.2, 0.25) is 0 Å². The second kappa shape index (κ2) is 5.14. The van der Waals surface area contributed by atoms with Crippen LogP contribution < -0.4 is 5.32 Å². The Hall–Kier alpha value is -1.30. The Kier molecular flexibility index (Phi) is 4.21. The van der Waals surface area contributed by atoms with E-state index >= 15 is 0 Å². The molecule has 100 valence electrons. The van der Waals surface area contributed by atoms with Crippen molar-refractivity contribution in [3.8, 4) is 0 Å². The Morgan fingerprint density at radius 2 is 1.72 bits per heavy atom. The Bertz CT molecular complexity index is 419. The van der Waals surface area contributed by atoms with Gasteiger partial charge in [0.15, 0.2) is 0 Å². The monoisotopic (exact) mass is 283 g/mol. The number of hydrogen-bond acceptors (Lipinski definition) is 1. The minimum atomic E-state index is -5.46. The fourth-order valence-corrected chi connectivity index (χ4v) is 1.30. The maximum Gasteiger partial charge on any atom is 0.446 e. The van der Waals surface area contributed by atoms with Gasteiger partial charge in [0.2, 0.25) is 0 Å². The molecule has 1 aromatic rings. The van der Waals surface area contributed by atoms with Crippen molar-refractivity contribution < 1.29 is 22.4 Å². The van der Waals surface area contributed by atoms with Gasteiger partial charge in [0.1, 0.15) is 0 Å². The fraction of sp³-hybridized carbons (Fsp3) is 0.364. The molecule has 0 aliphatic heterocycles. The van der Waals surface area contributed by atoms with Crippen molar-refractivity contribution in [3.63, 3.8) is 0 Å². The Labute approximate surface area is 106 Å². The van der Waals surface area contributed by atoms with Crippen LogP contribution in [0, 0.1) is 0 Å². The predicted molar refractivity (Wildman–Crippen MR) is 58.7 cm³/mol. The molecular weight excluding hydrogens is 274 g/mol. The summed E-state index contributed by atoms with van der Waals surface area (Å²) in [6.45, 7) is 1.43. The van der Waals surface area contributed by atoms with Crippen molar-refractivity contribution >= 4 is 17.5 Å². The van der Waals surface area contributed by atoms with Gasteiger partial charge in [-0.2, -0.15) is 13.2 Å². The minimum absolute atomic E-state index is 0.542. The topological polar surface area (TPSA) is 29.1 Å². The molecule has 0 spiro atoms. The van der Waals surface area contributed by atoms with E-state index in [-0.39, 0.29) is 0 Å². The SMILES string of the molecule is C[C@@H](NC(=O)[C@@](F)(Cl)C(F)(F)F)c1ccccc1. The lowest BCUT2D eigenvalue weighted by Crippen LogP contribution is -2.50. The molecule has 18 heavy (non-hydrogen) atoms. The standard InChI is InChI=1S/C11H10ClF4NO/c1-7(8-5-3-2-4-6-8)17-9(18)10(12,13)11(14,15)16/h2-7H,1H3,(H,17,18)/t7-,10+/m1/s1. The molecule has 1 N–H and O–H groups in total. The zero-order valence-corrected chi connectivity index (χ0v) is 10.0. The average Bonchev–Trinajstić information content (AvgIpc) is 2.28. The first kappa shape index (κ1) is 14.8. The number of amides is 1. The van der Waals surface area contributed by atoms with Crippen molar-refractivity contribution in [2.45, 2.75) is 24.3 Å². The Balaban J connectivity index is 2.78. The maximum absolute atomic E-state index is 13.1. The van der Waals surface area contributed by atoms with E-state index < -0.39 is 23.3 Å². The highest BCUT2D eigenvalue weighted by Gasteiger charge is 2.61. The van der Waals surface area contributed by atoms with Gasteiger partial charge in [0, 0.05) is 0 Å². The van der Waals surface area contributed by atoms with Crippen LogP contribution in [-0.2, 0) is 4.79 Å². The summed E-state index contributed by atoms with van der Waals surface area (Å²) in [5.41, 5.74) is 0.542. The van der Waals surface area contributed by atoms with E-state index in [1.165, 1.54) is 6.92 Å². The lowest BCUT2D eigenvalue weighted by molar-refractivity contribution is -0.201. The zero-order chi connectivity index (χ0) is 14.0. The molecule has 2 nitrogen and oxygen atoms in total. The minimum Gasteiger partial charge on any atom is -0.345 e. The molecule has 0 unspecified atom stereocenters. The number of rotatable bonds is 3. The highest BCUT2D eigenvalue weighted by molar-refractivity contribution is 6.34. The van der Waals surface area contributed by atoms with Gasteiger partial charge < -0.3 is 5.32 Å². The summed E-state index contributed by atoms with van der Waals surface area (Å²) in [5.74, 6) is -1.92. The summed E-state index contributed by atoms with van der Waals surface area (Å²) in [4.78, 5) is 11.2. The van der Waals surface area contributed by atoms with Crippen LogP contribution in [0.1, 0.15) is 18.5 Å². The molecule has 0 aliphatic rings. The number of hydrogen-bond donors (Lipinski definition) is 1. The Morgan fingerprint density at radius 3 is 2.17 bits per heavy atom. The molecule has 0 radical (unpaired) electrons. The maximum atomic E-state index is 13.1. The van der Waals surface area contributed by atoms with Gasteiger partial charge in [-0.1, -0.05) is 41.9 Å². The van der Waals surface area contributed by atoms with E-state index in [9.17, 15) is 22.4 Å². The predicted octanol–water partition coefficient (Wildman–Crippen LogP) is 3.33. The number of nitrogens with one attached hydrogen (secondary N) is 1. The van der Waals surface area contributed by atoms with Gasteiger partial charge in [0.05, 0.1) is 6.04 Å². The number of alkyl halides is 5. The van der Waals surface area contributed by atoms with Crippen molar-refractivity contribution in [3.05, 3.63) is 35.9 Å². The lowest BCUT2D eigenvalue weighted by Gasteiger charge is -2.23. The quantitative estimate of drug-likeness (QED) is 0.669. The van der Waals surface area contributed by atoms with E-state index in [2.05, 4.69) is 11.6 Å². The smallest absolute Gasteiger partial charge is 0.345 e. The lowest BCUT2D eigenvalue weighted by atomic mass is 10.1. The summed E-state index contributed by atoms with van der Waals surface area (Å²) >= 11 is 4.59. The molecule has 1 rings (SSSR count). The highest BCUT2D eigenvalue weighted by Crippen LogP contribution is 2.38. The number of carbonyl (C=O) groups is 1. The van der Waals surface area contributed by atoms with E-state index in [4.69, 9.17) is 0 Å². The zero-order valence-electron chi connectivity index (χ0n) is 9.26. The first-order valence-electron chi connectivity index (χ1n) is 4.96. The van der Waals surface area contributed by atoms with Gasteiger partial charge in [-0.25, -0.2) is 4.39 Å². The molecule has 0 saturated carbocycles. The van der Waals surface area contributed by atoms with Crippen LogP contribution in [0.3, 0.4) is 0 Å². The number of carbonyl (C=O) groups excluding carboxylic acids is 1. The fourth-order valence-electron chi connectivity index (χ4n) is 1.24. The second-order valence-corrected chi connectivity index (χ2v) is 4.20. The van der Waals surface area contributed by atoms with Crippen molar-refractivity contribution in [1.82, 2.24) is 5.32 Å². The van der Waals surface area contributed by atoms with E-state index in [1.54, 1.807) is 30.3 Å². The summed E-state index contributed by atoms with van der Waals surface area (Å²) < 4.78 is 49.6. The van der Waals surface area contributed by atoms with Crippen molar-refractivity contribution in [2.24, 2.45) is 0 Å². The van der Waals surface area contributed by atoms with E-state index in [0.717, 1.165) is 0 Å². The van der Waals surface area contributed by atoms with E-state index in [1.807, 2.05) is 5.32 Å². The van der Waals surface area contributed by atoms with Crippen LogP contribution in [0.15, 0.2) is 30.3 Å². The molecule has 0 heterocycles. The third kappa shape index (κ3) is 3.13. The van der Waals surface area contributed by atoms with Gasteiger partial charge in [0.25, 0.3) is 5.91 Å². The first-order valence-corrected chi connectivity index (χ1v) is 5.34. The number of benzene rings is 1. The van der Waals surface area contributed by atoms with Gasteiger partial charge in [-0.15, -0.1) is 0 Å². The van der Waals surface area contributed by atoms with Gasteiger partial charge in [-0.05, 0) is 12.5 Å². The second-order valence-electron chi connectivity index (χ2n) is 3.68.